The lowest BCUT2D eigenvalue weighted by atomic mass is 9.92. The van der Waals surface area contributed by atoms with Crippen molar-refractivity contribution in [3.8, 4) is 0 Å². The number of thioether (sulfide) groups is 1. The van der Waals surface area contributed by atoms with Crippen LogP contribution in [0.5, 0.6) is 0 Å². The first kappa shape index (κ1) is 14.2. The number of rotatable bonds is 3. The van der Waals surface area contributed by atoms with E-state index in [1.807, 2.05) is 4.90 Å². The number of aryl methyl sites for hydroxylation is 1. The normalized spacial score (nSPS) is 23.6. The van der Waals surface area contributed by atoms with Crippen molar-refractivity contribution in [2.24, 2.45) is 11.8 Å². The highest BCUT2D eigenvalue weighted by molar-refractivity contribution is 7.99. The summed E-state index contributed by atoms with van der Waals surface area (Å²) < 4.78 is 1.42. The fraction of sp³-hybridized carbons (Fsp3) is 0.750. The molecule has 106 valence electrons. The topological polar surface area (TPSA) is 77.0 Å². The van der Waals surface area contributed by atoms with Crippen molar-refractivity contribution in [2.75, 3.05) is 24.7 Å². The van der Waals surface area contributed by atoms with E-state index in [9.17, 15) is 4.79 Å². The molecule has 2 atom stereocenters. The van der Waals surface area contributed by atoms with E-state index in [0.29, 0.717) is 28.6 Å². The Bertz CT molecular complexity index is 451. The highest BCUT2D eigenvalue weighted by Gasteiger charge is 2.25. The number of carbonyl (C=O) groups is 1. The lowest BCUT2D eigenvalue weighted by molar-refractivity contribution is -0.130. The second-order valence-electron chi connectivity index (χ2n) is 5.43. The summed E-state index contributed by atoms with van der Waals surface area (Å²) in [5.74, 6) is 8.10. The summed E-state index contributed by atoms with van der Waals surface area (Å²) in [5, 5.41) is 8.40. The van der Waals surface area contributed by atoms with E-state index in [-0.39, 0.29) is 5.91 Å². The molecule has 2 N–H and O–H groups in total. The zero-order valence-electron chi connectivity index (χ0n) is 11.7. The van der Waals surface area contributed by atoms with Crippen molar-refractivity contribution in [3.63, 3.8) is 0 Å². The van der Waals surface area contributed by atoms with E-state index in [0.717, 1.165) is 13.1 Å². The van der Waals surface area contributed by atoms with E-state index >= 15 is 0 Å². The molecule has 2 unspecified atom stereocenters. The number of hydrogen-bond donors (Lipinski definition) is 1. The molecule has 1 aromatic rings. The predicted molar refractivity (Wildman–Crippen MR) is 75.2 cm³/mol. The number of amides is 1. The third-order valence-corrected chi connectivity index (χ3v) is 4.31. The molecule has 0 saturated carbocycles. The number of aromatic nitrogens is 3. The zero-order valence-corrected chi connectivity index (χ0v) is 12.5. The predicted octanol–water partition coefficient (Wildman–Crippen LogP) is 0.897. The van der Waals surface area contributed by atoms with Crippen LogP contribution in [-0.4, -0.2) is 44.5 Å². The highest BCUT2D eigenvalue weighted by atomic mass is 32.2. The smallest absolute Gasteiger partial charge is 0.233 e. The van der Waals surface area contributed by atoms with Crippen LogP contribution in [0, 0.1) is 18.8 Å². The first-order valence-electron chi connectivity index (χ1n) is 6.55. The minimum atomic E-state index is 0.157. The Balaban J connectivity index is 1.89. The molecule has 2 heterocycles. The van der Waals surface area contributed by atoms with Crippen LogP contribution in [-0.2, 0) is 4.79 Å². The van der Waals surface area contributed by atoms with Crippen LogP contribution in [0.15, 0.2) is 5.16 Å². The number of likely N-dealkylation sites (tertiary alicyclic amines) is 1. The van der Waals surface area contributed by atoms with Gasteiger partial charge in [-0.25, -0.2) is 4.68 Å². The minimum absolute atomic E-state index is 0.157. The summed E-state index contributed by atoms with van der Waals surface area (Å²) in [7, 11) is 0. The standard InChI is InChI=1S/C12H21N5OS/c1-8-4-9(2)6-16(5-8)11(18)7-19-12-15-14-10(3)17(12)13/h8-9H,4-7,13H2,1-3H3. The number of nitrogens with zero attached hydrogens (tertiary/aromatic N) is 4. The Kier molecular flexibility index (Phi) is 4.34. The second kappa shape index (κ2) is 5.81. The molecule has 19 heavy (non-hydrogen) atoms. The van der Waals surface area contributed by atoms with Gasteiger partial charge in [0.25, 0.3) is 0 Å². The van der Waals surface area contributed by atoms with Gasteiger partial charge in [0.1, 0.15) is 5.82 Å². The Hall–Kier alpha value is -1.24. The maximum atomic E-state index is 12.2. The number of piperidine rings is 1. The van der Waals surface area contributed by atoms with Crippen LogP contribution in [0.3, 0.4) is 0 Å². The molecular formula is C12H21N5OS. The fourth-order valence-electron chi connectivity index (χ4n) is 2.53. The SMILES string of the molecule is Cc1nnc(SCC(=O)N2CC(C)CC(C)C2)n1N. The van der Waals surface area contributed by atoms with Crippen LogP contribution >= 0.6 is 11.8 Å². The van der Waals surface area contributed by atoms with Gasteiger partial charge in [-0.2, -0.15) is 0 Å². The maximum Gasteiger partial charge on any atom is 0.233 e. The Morgan fingerprint density at radius 3 is 2.53 bits per heavy atom. The molecule has 2 rings (SSSR count). The minimum Gasteiger partial charge on any atom is -0.341 e. The monoisotopic (exact) mass is 283 g/mol. The van der Waals surface area contributed by atoms with Crippen molar-refractivity contribution in [1.82, 2.24) is 19.8 Å². The van der Waals surface area contributed by atoms with E-state index in [1.165, 1.54) is 22.9 Å². The van der Waals surface area contributed by atoms with Crippen LogP contribution in [0.2, 0.25) is 0 Å². The molecule has 1 amide bonds. The summed E-state index contributed by atoms with van der Waals surface area (Å²) in [6, 6.07) is 0. The van der Waals surface area contributed by atoms with Gasteiger partial charge in [-0.05, 0) is 25.2 Å². The Labute approximate surface area is 117 Å². The molecule has 1 fully saturated rings. The van der Waals surface area contributed by atoms with Crippen molar-refractivity contribution in [2.45, 2.75) is 32.3 Å². The van der Waals surface area contributed by atoms with Gasteiger partial charge in [-0.3, -0.25) is 4.79 Å². The average Bonchev–Trinajstić information content (AvgIpc) is 2.66. The molecule has 0 bridgehead atoms. The van der Waals surface area contributed by atoms with Gasteiger partial charge in [0.05, 0.1) is 5.75 Å². The van der Waals surface area contributed by atoms with Crippen LogP contribution in [0.25, 0.3) is 0 Å². The first-order chi connectivity index (χ1) is 8.97. The van der Waals surface area contributed by atoms with Crippen LogP contribution in [0.1, 0.15) is 26.1 Å². The molecule has 0 radical (unpaired) electrons. The van der Waals surface area contributed by atoms with Gasteiger partial charge < -0.3 is 10.7 Å². The molecule has 0 aliphatic carbocycles. The largest absolute Gasteiger partial charge is 0.341 e. The van der Waals surface area contributed by atoms with Crippen molar-refractivity contribution in [1.29, 1.82) is 0 Å². The van der Waals surface area contributed by atoms with Gasteiger partial charge in [0.2, 0.25) is 11.1 Å². The number of nitrogens with two attached hydrogens (primary N) is 1. The molecular weight excluding hydrogens is 262 g/mol. The zero-order chi connectivity index (χ0) is 14.0. The molecule has 1 aliphatic rings. The van der Waals surface area contributed by atoms with Gasteiger partial charge in [0.15, 0.2) is 0 Å². The van der Waals surface area contributed by atoms with Gasteiger partial charge in [0, 0.05) is 13.1 Å². The summed E-state index contributed by atoms with van der Waals surface area (Å²) in [6.45, 7) is 7.90. The highest BCUT2D eigenvalue weighted by Crippen LogP contribution is 2.22. The summed E-state index contributed by atoms with van der Waals surface area (Å²) in [4.78, 5) is 14.1. The molecule has 0 aromatic carbocycles. The molecule has 1 aromatic heterocycles. The lowest BCUT2D eigenvalue weighted by Crippen LogP contribution is -2.43. The van der Waals surface area contributed by atoms with Gasteiger partial charge >= 0.3 is 0 Å². The molecule has 1 saturated heterocycles. The summed E-state index contributed by atoms with van der Waals surface area (Å²) >= 11 is 1.35. The van der Waals surface area contributed by atoms with E-state index in [1.54, 1.807) is 6.92 Å². The van der Waals surface area contributed by atoms with Crippen LogP contribution in [0.4, 0.5) is 0 Å². The molecule has 6 nitrogen and oxygen atoms in total. The third kappa shape index (κ3) is 3.40. The lowest BCUT2D eigenvalue weighted by Gasteiger charge is -2.34. The van der Waals surface area contributed by atoms with Gasteiger partial charge in [-0.15, -0.1) is 10.2 Å². The van der Waals surface area contributed by atoms with Crippen molar-refractivity contribution >= 4 is 17.7 Å². The van der Waals surface area contributed by atoms with E-state index in [2.05, 4.69) is 24.0 Å². The second-order valence-corrected chi connectivity index (χ2v) is 6.38. The van der Waals surface area contributed by atoms with E-state index in [4.69, 9.17) is 5.84 Å². The number of hydrogen-bond acceptors (Lipinski definition) is 5. The Morgan fingerprint density at radius 1 is 1.37 bits per heavy atom. The van der Waals surface area contributed by atoms with E-state index < -0.39 is 0 Å². The third-order valence-electron chi connectivity index (χ3n) is 3.38. The Morgan fingerprint density at radius 2 is 2.00 bits per heavy atom. The first-order valence-corrected chi connectivity index (χ1v) is 7.53. The molecule has 0 spiro atoms. The molecule has 1 aliphatic heterocycles. The summed E-state index contributed by atoms with van der Waals surface area (Å²) in [5.41, 5.74) is 0. The quantitative estimate of drug-likeness (QED) is 0.658. The average molecular weight is 283 g/mol. The number of nitrogen functional groups attached to an aromatic ring is 1. The maximum absolute atomic E-state index is 12.2. The van der Waals surface area contributed by atoms with Crippen molar-refractivity contribution in [3.05, 3.63) is 5.82 Å². The molecule has 7 heteroatoms. The summed E-state index contributed by atoms with van der Waals surface area (Å²) in [6.07, 6.45) is 1.20. The van der Waals surface area contributed by atoms with Gasteiger partial charge in [-0.1, -0.05) is 25.6 Å². The number of carbonyl (C=O) groups excluding carboxylic acids is 1. The van der Waals surface area contributed by atoms with Crippen molar-refractivity contribution < 1.29 is 4.79 Å². The van der Waals surface area contributed by atoms with Crippen LogP contribution < -0.4 is 5.84 Å². The fourth-order valence-corrected chi connectivity index (χ4v) is 3.34.